The molecular formula is C11H14O2. The van der Waals surface area contributed by atoms with Crippen LogP contribution >= 0.6 is 0 Å². The normalized spacial score (nSPS) is 12.5. The van der Waals surface area contributed by atoms with Gasteiger partial charge >= 0.3 is 5.97 Å². The van der Waals surface area contributed by atoms with Gasteiger partial charge in [0.05, 0.1) is 6.42 Å². The van der Waals surface area contributed by atoms with Crippen molar-refractivity contribution in [2.45, 2.75) is 26.2 Å². The second-order valence-corrected chi connectivity index (χ2v) is 3.36. The Hall–Kier alpha value is -1.31. The third kappa shape index (κ3) is 2.58. The summed E-state index contributed by atoms with van der Waals surface area (Å²) in [7, 11) is 0. The molecule has 1 N–H and O–H groups in total. The van der Waals surface area contributed by atoms with Crippen molar-refractivity contribution >= 4 is 5.97 Å². The molecule has 0 aliphatic heterocycles. The van der Waals surface area contributed by atoms with Crippen LogP contribution in [0.5, 0.6) is 0 Å². The summed E-state index contributed by atoms with van der Waals surface area (Å²) in [5.74, 6) is -0.644. The molecule has 0 saturated carbocycles. The summed E-state index contributed by atoms with van der Waals surface area (Å²) >= 11 is 0. The van der Waals surface area contributed by atoms with Crippen LogP contribution in [0.1, 0.15) is 30.4 Å². The van der Waals surface area contributed by atoms with Gasteiger partial charge in [0.2, 0.25) is 0 Å². The monoisotopic (exact) mass is 178 g/mol. The number of aliphatic carboxylic acids is 1. The minimum Gasteiger partial charge on any atom is -0.481 e. The van der Waals surface area contributed by atoms with Gasteiger partial charge in [-0.1, -0.05) is 31.2 Å². The SMILES string of the molecule is Cc1ccccc1[C@@H](C)CC(=O)O. The Kier molecular flexibility index (Phi) is 3.07. The number of aryl methyl sites for hydroxylation is 1. The Morgan fingerprint density at radius 2 is 2.08 bits per heavy atom. The van der Waals surface area contributed by atoms with Crippen LogP contribution in [0.2, 0.25) is 0 Å². The topological polar surface area (TPSA) is 37.3 Å². The summed E-state index contributed by atoms with van der Waals surface area (Å²) in [6.45, 7) is 3.95. The van der Waals surface area contributed by atoms with Gasteiger partial charge in [0, 0.05) is 0 Å². The molecule has 13 heavy (non-hydrogen) atoms. The molecule has 70 valence electrons. The van der Waals surface area contributed by atoms with Gasteiger partial charge in [0.15, 0.2) is 0 Å². The van der Waals surface area contributed by atoms with Crippen LogP contribution in [-0.2, 0) is 4.79 Å². The van der Waals surface area contributed by atoms with Crippen LogP contribution in [0.4, 0.5) is 0 Å². The average molecular weight is 178 g/mol. The van der Waals surface area contributed by atoms with Crippen molar-refractivity contribution in [3.05, 3.63) is 35.4 Å². The number of hydrogen-bond acceptors (Lipinski definition) is 1. The number of benzene rings is 1. The molecule has 1 rings (SSSR count). The molecule has 0 saturated heterocycles. The van der Waals surface area contributed by atoms with Gasteiger partial charge in [-0.25, -0.2) is 0 Å². The molecule has 0 heterocycles. The number of hydrogen-bond donors (Lipinski definition) is 1. The van der Waals surface area contributed by atoms with Crippen LogP contribution in [0.25, 0.3) is 0 Å². The van der Waals surface area contributed by atoms with Gasteiger partial charge in [0.25, 0.3) is 0 Å². The predicted octanol–water partition coefficient (Wildman–Crippen LogP) is 2.57. The summed E-state index contributed by atoms with van der Waals surface area (Å²) in [4.78, 5) is 10.5. The van der Waals surface area contributed by atoms with Crippen LogP contribution in [0.3, 0.4) is 0 Å². The fourth-order valence-corrected chi connectivity index (χ4v) is 1.51. The maximum atomic E-state index is 10.5. The number of carboxylic acid groups (broad SMARTS) is 1. The van der Waals surface area contributed by atoms with Crippen LogP contribution in [0, 0.1) is 6.92 Å². The van der Waals surface area contributed by atoms with Crippen LogP contribution in [-0.4, -0.2) is 11.1 Å². The fraction of sp³-hybridized carbons (Fsp3) is 0.364. The standard InChI is InChI=1S/C11H14O2/c1-8-5-3-4-6-10(8)9(2)7-11(12)13/h3-6,9H,7H2,1-2H3,(H,12,13)/t9-/m0/s1. The second kappa shape index (κ2) is 4.08. The smallest absolute Gasteiger partial charge is 0.303 e. The lowest BCUT2D eigenvalue weighted by Gasteiger charge is -2.11. The van der Waals surface area contributed by atoms with Crippen LogP contribution in [0.15, 0.2) is 24.3 Å². The molecule has 0 bridgehead atoms. The van der Waals surface area contributed by atoms with Crippen LogP contribution < -0.4 is 0 Å². The maximum Gasteiger partial charge on any atom is 0.303 e. The zero-order chi connectivity index (χ0) is 9.84. The van der Waals surface area contributed by atoms with Gasteiger partial charge in [-0.3, -0.25) is 4.79 Å². The number of carbonyl (C=O) groups is 1. The van der Waals surface area contributed by atoms with E-state index in [1.54, 1.807) is 0 Å². The highest BCUT2D eigenvalue weighted by Gasteiger charge is 2.11. The van der Waals surface area contributed by atoms with Gasteiger partial charge in [0.1, 0.15) is 0 Å². The lowest BCUT2D eigenvalue weighted by Crippen LogP contribution is -2.04. The average Bonchev–Trinajstić information content (AvgIpc) is 2.03. The van der Waals surface area contributed by atoms with Crippen molar-refractivity contribution in [3.63, 3.8) is 0 Å². The van der Waals surface area contributed by atoms with Gasteiger partial charge < -0.3 is 5.11 Å². The minimum absolute atomic E-state index is 0.0960. The summed E-state index contributed by atoms with van der Waals surface area (Å²) in [6, 6.07) is 7.91. The first-order valence-electron chi connectivity index (χ1n) is 4.38. The Balaban J connectivity index is 2.82. The van der Waals surface area contributed by atoms with E-state index in [1.165, 1.54) is 0 Å². The molecule has 0 aliphatic rings. The highest BCUT2D eigenvalue weighted by atomic mass is 16.4. The van der Waals surface area contributed by atoms with Crippen molar-refractivity contribution in [2.75, 3.05) is 0 Å². The zero-order valence-corrected chi connectivity index (χ0v) is 7.95. The summed E-state index contributed by atoms with van der Waals surface area (Å²) in [5, 5.41) is 8.64. The van der Waals surface area contributed by atoms with Crippen molar-refractivity contribution in [3.8, 4) is 0 Å². The third-order valence-corrected chi connectivity index (χ3v) is 2.20. The lowest BCUT2D eigenvalue weighted by atomic mass is 9.94. The quantitative estimate of drug-likeness (QED) is 0.772. The van der Waals surface area contributed by atoms with E-state index in [2.05, 4.69) is 0 Å². The molecule has 2 nitrogen and oxygen atoms in total. The summed E-state index contributed by atoms with van der Waals surface area (Å²) in [6.07, 6.45) is 0.199. The van der Waals surface area contributed by atoms with Crippen molar-refractivity contribution in [1.29, 1.82) is 0 Å². The Morgan fingerprint density at radius 1 is 1.46 bits per heavy atom. The fourth-order valence-electron chi connectivity index (χ4n) is 1.51. The van der Waals surface area contributed by atoms with Gasteiger partial charge in [-0.2, -0.15) is 0 Å². The van der Waals surface area contributed by atoms with E-state index in [9.17, 15) is 4.79 Å². The second-order valence-electron chi connectivity index (χ2n) is 3.36. The first-order chi connectivity index (χ1) is 6.11. The number of rotatable bonds is 3. The highest BCUT2D eigenvalue weighted by Crippen LogP contribution is 2.21. The molecule has 0 aliphatic carbocycles. The van der Waals surface area contributed by atoms with E-state index in [0.29, 0.717) is 0 Å². The van der Waals surface area contributed by atoms with E-state index < -0.39 is 5.97 Å². The number of carboxylic acids is 1. The van der Waals surface area contributed by atoms with Gasteiger partial charge in [-0.15, -0.1) is 0 Å². The summed E-state index contributed by atoms with van der Waals surface area (Å²) < 4.78 is 0. The molecular weight excluding hydrogens is 164 g/mol. The molecule has 0 unspecified atom stereocenters. The van der Waals surface area contributed by atoms with Crippen molar-refractivity contribution < 1.29 is 9.90 Å². The third-order valence-electron chi connectivity index (χ3n) is 2.20. The first kappa shape index (κ1) is 9.78. The Morgan fingerprint density at radius 3 is 2.62 bits per heavy atom. The minimum atomic E-state index is -0.740. The molecule has 0 radical (unpaired) electrons. The molecule has 0 aromatic heterocycles. The molecule has 0 spiro atoms. The largest absolute Gasteiger partial charge is 0.481 e. The van der Waals surface area contributed by atoms with E-state index in [4.69, 9.17) is 5.11 Å². The Labute approximate surface area is 78.2 Å². The van der Waals surface area contributed by atoms with E-state index in [0.717, 1.165) is 11.1 Å². The molecule has 1 aromatic rings. The molecule has 0 amide bonds. The molecule has 0 fully saturated rings. The lowest BCUT2D eigenvalue weighted by molar-refractivity contribution is -0.137. The molecule has 2 heteroatoms. The molecule has 1 atom stereocenters. The molecule has 1 aromatic carbocycles. The van der Waals surface area contributed by atoms with E-state index in [-0.39, 0.29) is 12.3 Å². The predicted molar refractivity (Wildman–Crippen MR) is 51.8 cm³/mol. The van der Waals surface area contributed by atoms with Crippen molar-refractivity contribution in [1.82, 2.24) is 0 Å². The van der Waals surface area contributed by atoms with E-state index >= 15 is 0 Å². The van der Waals surface area contributed by atoms with Gasteiger partial charge in [-0.05, 0) is 24.0 Å². The van der Waals surface area contributed by atoms with Crippen molar-refractivity contribution in [2.24, 2.45) is 0 Å². The summed E-state index contributed by atoms with van der Waals surface area (Å²) in [5.41, 5.74) is 2.29. The van der Waals surface area contributed by atoms with E-state index in [1.807, 2.05) is 38.1 Å². The highest BCUT2D eigenvalue weighted by molar-refractivity contribution is 5.68. The Bertz CT molecular complexity index is 305. The maximum absolute atomic E-state index is 10.5. The first-order valence-corrected chi connectivity index (χ1v) is 4.38. The zero-order valence-electron chi connectivity index (χ0n) is 7.95.